The van der Waals surface area contributed by atoms with E-state index in [-0.39, 0.29) is 11.7 Å². The van der Waals surface area contributed by atoms with Crippen LogP contribution in [0.1, 0.15) is 21.5 Å². The van der Waals surface area contributed by atoms with Gasteiger partial charge in [0.2, 0.25) is 11.7 Å². The van der Waals surface area contributed by atoms with E-state index in [1.54, 1.807) is 12.1 Å². The molecule has 3 rings (SSSR count). The van der Waals surface area contributed by atoms with Gasteiger partial charge in [-0.1, -0.05) is 24.3 Å². The highest BCUT2D eigenvalue weighted by atomic mass is 32.2. The number of carbonyl (C=O) groups excluding carboxylic acids is 2. The molecule has 1 aliphatic heterocycles. The average Bonchev–Trinajstić information content (AvgIpc) is 2.61. The number of hydrogen-bond donors (Lipinski definition) is 3. The quantitative estimate of drug-likeness (QED) is 0.716. The lowest BCUT2D eigenvalue weighted by Gasteiger charge is -2.16. The molecule has 6 nitrogen and oxygen atoms in total. The second-order valence-corrected chi connectivity index (χ2v) is 6.51. The standard InChI is InChI=1S/C18H18N4O2S/c1-11-6-7-14-15(10-11)25-22-17(21-14)18(24)20-9-8-12-4-2-3-5-13(12)16(19)23/h2-7,10H,8-9H2,1H3,(H2,19,23)(H,20,24)(H,21,22). The van der Waals surface area contributed by atoms with Crippen molar-refractivity contribution in [2.75, 3.05) is 6.54 Å². The Morgan fingerprint density at radius 2 is 2.04 bits per heavy atom. The van der Waals surface area contributed by atoms with Crippen molar-refractivity contribution in [3.05, 3.63) is 59.2 Å². The van der Waals surface area contributed by atoms with Crippen molar-refractivity contribution >= 4 is 35.3 Å². The van der Waals surface area contributed by atoms with E-state index in [1.165, 1.54) is 11.9 Å². The summed E-state index contributed by atoms with van der Waals surface area (Å²) in [5.41, 5.74) is 8.57. The van der Waals surface area contributed by atoms with Crippen LogP contribution in [0.15, 0.2) is 52.4 Å². The molecule has 0 spiro atoms. The molecule has 4 N–H and O–H groups in total. The van der Waals surface area contributed by atoms with E-state index in [9.17, 15) is 9.59 Å². The number of benzene rings is 2. The molecular weight excluding hydrogens is 336 g/mol. The van der Waals surface area contributed by atoms with Gasteiger partial charge in [-0.25, -0.2) is 4.99 Å². The highest BCUT2D eigenvalue weighted by molar-refractivity contribution is 7.98. The summed E-state index contributed by atoms with van der Waals surface area (Å²) < 4.78 is 2.96. The molecule has 0 aromatic heterocycles. The lowest BCUT2D eigenvalue weighted by molar-refractivity contribution is -0.114. The Kier molecular flexibility index (Phi) is 5.04. The molecule has 2 aromatic rings. The molecule has 0 radical (unpaired) electrons. The van der Waals surface area contributed by atoms with Crippen molar-refractivity contribution in [1.29, 1.82) is 0 Å². The second kappa shape index (κ2) is 7.40. The normalized spacial score (nSPS) is 12.6. The van der Waals surface area contributed by atoms with Crippen molar-refractivity contribution in [3.63, 3.8) is 0 Å². The number of rotatable bonds is 5. The van der Waals surface area contributed by atoms with Crippen molar-refractivity contribution in [2.45, 2.75) is 18.2 Å². The fourth-order valence-corrected chi connectivity index (χ4v) is 3.32. The molecule has 0 saturated heterocycles. The van der Waals surface area contributed by atoms with Crippen molar-refractivity contribution in [2.24, 2.45) is 10.7 Å². The van der Waals surface area contributed by atoms with E-state index in [4.69, 9.17) is 5.73 Å². The van der Waals surface area contributed by atoms with Crippen LogP contribution in [0.2, 0.25) is 0 Å². The summed E-state index contributed by atoms with van der Waals surface area (Å²) in [4.78, 5) is 29.0. The number of amides is 2. The zero-order valence-electron chi connectivity index (χ0n) is 13.7. The lowest BCUT2D eigenvalue weighted by Crippen LogP contribution is -2.39. The van der Waals surface area contributed by atoms with Crippen LogP contribution in [0.3, 0.4) is 0 Å². The Hall–Kier alpha value is -2.80. The summed E-state index contributed by atoms with van der Waals surface area (Å²) in [5.74, 6) is -0.483. The molecule has 7 heteroatoms. The summed E-state index contributed by atoms with van der Waals surface area (Å²) in [6.07, 6.45) is 0.515. The Balaban J connectivity index is 1.62. The monoisotopic (exact) mass is 354 g/mol. The predicted molar refractivity (Wildman–Crippen MR) is 98.9 cm³/mol. The summed E-state index contributed by atoms with van der Waals surface area (Å²) in [6, 6.07) is 13.0. The fraction of sp³-hybridized carbons (Fsp3) is 0.167. The third kappa shape index (κ3) is 4.00. The van der Waals surface area contributed by atoms with E-state index in [1.807, 2.05) is 37.3 Å². The van der Waals surface area contributed by atoms with Gasteiger partial charge < -0.3 is 15.8 Å². The summed E-state index contributed by atoms with van der Waals surface area (Å²) in [5, 5.41) is 2.81. The maximum atomic E-state index is 12.3. The fourth-order valence-electron chi connectivity index (χ4n) is 2.51. The zero-order valence-corrected chi connectivity index (χ0v) is 14.5. The number of hydrogen-bond acceptors (Lipinski definition) is 5. The number of nitrogens with zero attached hydrogens (tertiary/aromatic N) is 1. The maximum absolute atomic E-state index is 12.3. The number of amidine groups is 1. The highest BCUT2D eigenvalue weighted by Gasteiger charge is 2.18. The van der Waals surface area contributed by atoms with Gasteiger partial charge in [-0.05, 0) is 54.6 Å². The van der Waals surface area contributed by atoms with Crippen LogP contribution in [0, 0.1) is 6.92 Å². The first-order valence-electron chi connectivity index (χ1n) is 7.82. The molecule has 0 unspecified atom stereocenters. The SMILES string of the molecule is Cc1ccc2c(c1)SNC(C(=O)NCCc1ccccc1C(N)=O)=N2. The molecule has 2 amide bonds. The highest BCUT2D eigenvalue weighted by Crippen LogP contribution is 2.31. The topological polar surface area (TPSA) is 96.6 Å². The number of primary amides is 1. The first kappa shape index (κ1) is 17.0. The third-order valence-electron chi connectivity index (χ3n) is 3.78. The zero-order chi connectivity index (χ0) is 17.8. The van der Waals surface area contributed by atoms with E-state index in [0.29, 0.717) is 18.5 Å². The summed E-state index contributed by atoms with van der Waals surface area (Å²) in [7, 11) is 0. The number of nitrogens with one attached hydrogen (secondary N) is 2. The van der Waals surface area contributed by atoms with Crippen LogP contribution >= 0.6 is 11.9 Å². The van der Waals surface area contributed by atoms with Crippen LogP contribution in [-0.4, -0.2) is 24.2 Å². The molecule has 0 bridgehead atoms. The van der Waals surface area contributed by atoms with Gasteiger partial charge in [0.25, 0.3) is 5.91 Å². The predicted octanol–water partition coefficient (Wildman–Crippen LogP) is 2.09. The molecule has 1 aliphatic rings. The minimum Gasteiger partial charge on any atom is -0.366 e. The molecule has 128 valence electrons. The Morgan fingerprint density at radius 3 is 2.84 bits per heavy atom. The molecule has 0 atom stereocenters. The summed E-state index contributed by atoms with van der Waals surface area (Å²) >= 11 is 1.37. The number of carbonyl (C=O) groups is 2. The van der Waals surface area contributed by atoms with E-state index in [0.717, 1.165) is 21.7 Å². The molecule has 0 aliphatic carbocycles. The van der Waals surface area contributed by atoms with Gasteiger partial charge in [0.15, 0.2) is 0 Å². The van der Waals surface area contributed by atoms with Crippen molar-refractivity contribution in [3.8, 4) is 0 Å². The lowest BCUT2D eigenvalue weighted by atomic mass is 10.0. The largest absolute Gasteiger partial charge is 0.366 e. The Bertz CT molecular complexity index is 864. The Labute approximate surface area is 150 Å². The molecule has 1 heterocycles. The minimum atomic E-state index is -0.469. The third-order valence-corrected chi connectivity index (χ3v) is 4.63. The number of fused-ring (bicyclic) bond motifs is 1. The first-order chi connectivity index (χ1) is 12.0. The van der Waals surface area contributed by atoms with Gasteiger partial charge in [-0.2, -0.15) is 0 Å². The first-order valence-corrected chi connectivity index (χ1v) is 8.64. The molecule has 25 heavy (non-hydrogen) atoms. The number of aliphatic imine (C=N–C) groups is 1. The van der Waals surface area contributed by atoms with Crippen LogP contribution in [0.25, 0.3) is 0 Å². The number of aryl methyl sites for hydroxylation is 1. The minimum absolute atomic E-state index is 0.268. The van der Waals surface area contributed by atoms with Gasteiger partial charge in [0.05, 0.1) is 10.6 Å². The van der Waals surface area contributed by atoms with E-state index < -0.39 is 5.91 Å². The van der Waals surface area contributed by atoms with E-state index in [2.05, 4.69) is 15.0 Å². The maximum Gasteiger partial charge on any atom is 0.287 e. The van der Waals surface area contributed by atoms with Crippen LogP contribution < -0.4 is 15.8 Å². The van der Waals surface area contributed by atoms with Crippen molar-refractivity contribution < 1.29 is 9.59 Å². The van der Waals surface area contributed by atoms with Crippen LogP contribution in [0.4, 0.5) is 5.69 Å². The molecule has 0 fully saturated rings. The Morgan fingerprint density at radius 1 is 1.24 bits per heavy atom. The number of nitrogens with two attached hydrogens (primary N) is 1. The summed E-state index contributed by atoms with van der Waals surface area (Å²) in [6.45, 7) is 2.39. The van der Waals surface area contributed by atoms with Crippen molar-refractivity contribution in [1.82, 2.24) is 10.0 Å². The smallest absolute Gasteiger partial charge is 0.287 e. The van der Waals surface area contributed by atoms with Gasteiger partial charge in [0.1, 0.15) is 0 Å². The molecule has 2 aromatic carbocycles. The second-order valence-electron chi connectivity index (χ2n) is 5.66. The van der Waals surface area contributed by atoms with Crippen LogP contribution in [0.5, 0.6) is 0 Å². The van der Waals surface area contributed by atoms with Gasteiger partial charge in [0, 0.05) is 12.1 Å². The molecular formula is C18H18N4O2S. The average molecular weight is 354 g/mol. The van der Waals surface area contributed by atoms with Gasteiger partial charge >= 0.3 is 0 Å². The van der Waals surface area contributed by atoms with Gasteiger partial charge in [-0.3, -0.25) is 9.59 Å². The van der Waals surface area contributed by atoms with Gasteiger partial charge in [-0.15, -0.1) is 0 Å². The van der Waals surface area contributed by atoms with E-state index >= 15 is 0 Å². The molecule has 0 saturated carbocycles. The van der Waals surface area contributed by atoms with Crippen LogP contribution in [-0.2, 0) is 11.2 Å².